The van der Waals surface area contributed by atoms with Gasteiger partial charge in [-0.2, -0.15) is 5.10 Å². The maximum Gasteiger partial charge on any atom is 0.353 e. The van der Waals surface area contributed by atoms with Gasteiger partial charge in [-0.05, 0) is 96.1 Å². The van der Waals surface area contributed by atoms with Gasteiger partial charge in [0, 0.05) is 95.8 Å². The molecule has 0 bridgehead atoms. The number of pyridine rings is 2. The Bertz CT molecular complexity index is 3260. The fourth-order valence-electron chi connectivity index (χ4n) is 11.0. The number of ether oxygens (including phenoxy) is 1. The number of benzene rings is 3. The number of alkyl halides is 1. The van der Waals surface area contributed by atoms with Crippen LogP contribution in [-0.4, -0.2) is 129 Å². The third-order valence-electron chi connectivity index (χ3n) is 14.6. The third-order valence-corrected chi connectivity index (χ3v) is 14.6. The maximum atomic E-state index is 16.4. The van der Waals surface area contributed by atoms with E-state index in [4.69, 9.17) is 14.8 Å². The van der Waals surface area contributed by atoms with Gasteiger partial charge >= 0.3 is 17.7 Å². The van der Waals surface area contributed by atoms with Crippen molar-refractivity contribution in [2.24, 2.45) is 14.1 Å². The third kappa shape index (κ3) is 8.12. The van der Waals surface area contributed by atoms with Gasteiger partial charge in [-0.1, -0.05) is 30.3 Å². The van der Waals surface area contributed by atoms with Gasteiger partial charge in [0.25, 0.3) is 0 Å². The number of aromatic nitrogens is 7. The summed E-state index contributed by atoms with van der Waals surface area (Å²) < 4.78 is 26.5. The van der Waals surface area contributed by atoms with Crippen LogP contribution in [0.1, 0.15) is 36.4 Å². The van der Waals surface area contributed by atoms with Crippen molar-refractivity contribution in [3.63, 3.8) is 0 Å². The Morgan fingerprint density at radius 1 is 0.732 bits per heavy atom. The van der Waals surface area contributed by atoms with Crippen LogP contribution in [0.5, 0.6) is 6.01 Å². The van der Waals surface area contributed by atoms with Crippen LogP contribution < -0.4 is 35.3 Å². The zero-order valence-corrected chi connectivity index (χ0v) is 40.0. The van der Waals surface area contributed by atoms with Crippen LogP contribution in [0.2, 0.25) is 0 Å². The van der Waals surface area contributed by atoms with Crippen molar-refractivity contribution < 1.29 is 23.5 Å². The molecule has 3 aromatic carbocycles. The average molecular weight is 960 g/mol. The van der Waals surface area contributed by atoms with E-state index in [-0.39, 0.29) is 48.6 Å². The van der Waals surface area contributed by atoms with Gasteiger partial charge in [0.05, 0.1) is 54.0 Å². The molecule has 4 amide bonds. The minimum atomic E-state index is -1.06. The average Bonchev–Trinajstić information content (AvgIpc) is 4.04. The minimum Gasteiger partial charge on any atom is -0.467 e. The molecule has 1 unspecified atom stereocenters. The largest absolute Gasteiger partial charge is 0.467 e. The number of nitrogens with one attached hydrogen (secondary N) is 1. The Morgan fingerprint density at radius 2 is 1.52 bits per heavy atom. The molecule has 4 aliphatic rings. The zero-order chi connectivity index (χ0) is 49.1. The normalized spacial score (nSPS) is 20.1. The summed E-state index contributed by atoms with van der Waals surface area (Å²) in [5.74, 6) is -0.473. The number of fused-ring (bicyclic) bond motifs is 1. The Hall–Kier alpha value is -7.93. The number of amides is 4. The van der Waals surface area contributed by atoms with Crippen molar-refractivity contribution in [1.82, 2.24) is 44.3 Å². The Labute approximate surface area is 408 Å². The predicted octanol–water partition coefficient (Wildman–Crippen LogP) is 5.60. The standard InChI is InChI=1S/C52H54FN13O5/c1-32-37(18-21-55-48(32)65-28-27-64(52(65)70)36-7-6-20-54-30-36)38-15-14-35(66-50(71-4)58-60(3)51(66)69)29-41(38)33-10-12-34(13-11-33)63-22-19-43(42(53)31-63)61-23-25-62(26-24-61)44-9-5-8-39-46(57-59(2)47(39)44)40-16-17-45(67)56-49(40)68/h5-15,18,20-21,29-30,40,42-43H,16-17,19,22-28,31H2,1-4H3,(H,56,67,68)/t40?,42-,43+/m1/s1. The fraction of sp³-hybridized carbons (Fsp3) is 0.346. The van der Waals surface area contributed by atoms with E-state index in [2.05, 4.69) is 36.2 Å². The van der Waals surface area contributed by atoms with Gasteiger partial charge in [-0.15, -0.1) is 5.10 Å². The summed E-state index contributed by atoms with van der Waals surface area (Å²) in [6, 6.07) is 25.3. The molecule has 0 aliphatic carbocycles. The van der Waals surface area contributed by atoms with Crippen LogP contribution >= 0.6 is 0 Å². The lowest BCUT2D eigenvalue weighted by molar-refractivity contribution is -0.134. The number of aryl methyl sites for hydroxylation is 2. The van der Waals surface area contributed by atoms with E-state index >= 15 is 4.39 Å². The number of rotatable bonds is 10. The van der Waals surface area contributed by atoms with Crippen molar-refractivity contribution in [3.8, 4) is 34.0 Å². The number of para-hydroxylation sites is 1. The Morgan fingerprint density at radius 3 is 2.27 bits per heavy atom. The van der Waals surface area contributed by atoms with E-state index in [0.717, 1.165) is 68.9 Å². The van der Waals surface area contributed by atoms with Crippen LogP contribution in [0.4, 0.5) is 32.1 Å². The summed E-state index contributed by atoms with van der Waals surface area (Å²) in [5, 5.41) is 12.4. The number of hydrogen-bond acceptors (Lipinski definition) is 12. The quantitative estimate of drug-likeness (QED) is 0.169. The summed E-state index contributed by atoms with van der Waals surface area (Å²) >= 11 is 0. The lowest BCUT2D eigenvalue weighted by Crippen LogP contribution is -2.58. The zero-order valence-electron chi connectivity index (χ0n) is 40.0. The van der Waals surface area contributed by atoms with E-state index in [1.807, 2.05) is 91.4 Å². The number of nitrogens with zero attached hydrogens (tertiary/aromatic N) is 12. The molecule has 19 heteroatoms. The number of methoxy groups -OCH3 is 1. The molecule has 1 N–H and O–H groups in total. The van der Waals surface area contributed by atoms with Crippen molar-refractivity contribution >= 4 is 51.6 Å². The highest BCUT2D eigenvalue weighted by atomic mass is 19.1. The van der Waals surface area contributed by atoms with E-state index in [1.165, 1.54) is 16.4 Å². The Kier molecular flexibility index (Phi) is 11.8. The minimum absolute atomic E-state index is 0.148. The fourth-order valence-corrected chi connectivity index (χ4v) is 11.0. The molecule has 364 valence electrons. The van der Waals surface area contributed by atoms with E-state index < -0.39 is 12.1 Å². The molecular weight excluding hydrogens is 906 g/mol. The molecule has 7 aromatic rings. The number of imide groups is 1. The van der Waals surface area contributed by atoms with Crippen LogP contribution in [-0.2, 0) is 23.7 Å². The molecule has 3 atom stereocenters. The molecule has 4 aliphatic heterocycles. The van der Waals surface area contributed by atoms with Crippen LogP contribution in [0.25, 0.3) is 38.8 Å². The van der Waals surface area contributed by atoms with E-state index in [1.54, 1.807) is 35.4 Å². The summed E-state index contributed by atoms with van der Waals surface area (Å²) in [5.41, 5.74) is 8.76. The molecule has 8 heterocycles. The van der Waals surface area contributed by atoms with Gasteiger partial charge in [-0.25, -0.2) is 28.2 Å². The molecular formula is C52H54FN13O5. The van der Waals surface area contributed by atoms with Gasteiger partial charge in [-0.3, -0.25) is 39.3 Å². The number of hydrogen-bond donors (Lipinski definition) is 1. The number of carbonyl (C=O) groups is 3. The molecule has 4 saturated heterocycles. The highest BCUT2D eigenvalue weighted by molar-refractivity contribution is 6.06. The van der Waals surface area contributed by atoms with Crippen molar-refractivity contribution in [2.45, 2.75) is 44.3 Å². The molecule has 0 saturated carbocycles. The first-order chi connectivity index (χ1) is 34.5. The second-order valence-electron chi connectivity index (χ2n) is 18.6. The van der Waals surface area contributed by atoms with Crippen molar-refractivity contribution in [3.05, 3.63) is 119 Å². The number of piperidine rings is 2. The lowest BCUT2D eigenvalue weighted by atomic mass is 9.91. The van der Waals surface area contributed by atoms with Gasteiger partial charge in [0.15, 0.2) is 0 Å². The first kappa shape index (κ1) is 45.5. The summed E-state index contributed by atoms with van der Waals surface area (Å²) in [6.07, 6.45) is 5.41. The molecule has 4 fully saturated rings. The highest BCUT2D eigenvalue weighted by Crippen LogP contribution is 2.40. The SMILES string of the molecule is COc1nn(C)c(=O)n1-c1ccc(-c2ccnc(N3CCN(c4cccnc4)C3=O)c2C)c(-c2ccc(N3CC[C@H](N4CCN(c5cccc6c(C7CCC(=O)NC7=O)nn(C)c56)CC4)[C@H](F)C3)cc2)c1. The summed E-state index contributed by atoms with van der Waals surface area (Å²) in [4.78, 5) is 70.9. The first-order valence-corrected chi connectivity index (χ1v) is 24.0. The van der Waals surface area contributed by atoms with Crippen molar-refractivity contribution in [1.29, 1.82) is 0 Å². The van der Waals surface area contributed by atoms with Crippen LogP contribution in [0.15, 0.2) is 102 Å². The second-order valence-corrected chi connectivity index (χ2v) is 18.6. The van der Waals surface area contributed by atoms with Gasteiger partial charge in [0.1, 0.15) is 12.0 Å². The van der Waals surface area contributed by atoms with Crippen molar-refractivity contribution in [2.75, 3.05) is 79.1 Å². The molecule has 18 nitrogen and oxygen atoms in total. The number of piperazine rings is 1. The van der Waals surface area contributed by atoms with Gasteiger partial charge < -0.3 is 14.5 Å². The van der Waals surface area contributed by atoms with Gasteiger partial charge in [0.2, 0.25) is 11.8 Å². The molecule has 11 rings (SSSR count). The molecule has 0 radical (unpaired) electrons. The summed E-state index contributed by atoms with van der Waals surface area (Å²) in [7, 11) is 4.94. The Balaban J connectivity index is 0.814. The lowest BCUT2D eigenvalue weighted by Gasteiger charge is -2.45. The smallest absolute Gasteiger partial charge is 0.353 e. The topological polar surface area (TPSA) is 172 Å². The molecule has 4 aromatic heterocycles. The van der Waals surface area contributed by atoms with E-state index in [0.29, 0.717) is 62.8 Å². The van der Waals surface area contributed by atoms with E-state index in [9.17, 15) is 19.2 Å². The number of urea groups is 1. The monoisotopic (exact) mass is 959 g/mol. The summed E-state index contributed by atoms with van der Waals surface area (Å²) in [6.45, 7) is 6.74. The number of anilines is 4. The van der Waals surface area contributed by atoms with Crippen LogP contribution in [0.3, 0.4) is 0 Å². The first-order valence-electron chi connectivity index (χ1n) is 24.0. The number of halogens is 1. The number of carbonyl (C=O) groups excluding carboxylic acids is 3. The predicted molar refractivity (Wildman–Crippen MR) is 268 cm³/mol. The van der Waals surface area contributed by atoms with Crippen LogP contribution in [0, 0.1) is 6.92 Å². The second kappa shape index (κ2) is 18.4. The highest BCUT2D eigenvalue weighted by Gasteiger charge is 2.37. The maximum absolute atomic E-state index is 16.4. The molecule has 71 heavy (non-hydrogen) atoms. The molecule has 0 spiro atoms.